The van der Waals surface area contributed by atoms with Crippen LogP contribution >= 0.6 is 0 Å². The van der Waals surface area contributed by atoms with Crippen LogP contribution in [0.4, 0.5) is 4.39 Å². The van der Waals surface area contributed by atoms with Gasteiger partial charge in [0.2, 0.25) is 0 Å². The fourth-order valence-electron chi connectivity index (χ4n) is 3.30. The van der Waals surface area contributed by atoms with E-state index in [0.717, 1.165) is 30.6 Å². The summed E-state index contributed by atoms with van der Waals surface area (Å²) >= 11 is 0. The van der Waals surface area contributed by atoms with Gasteiger partial charge in [0.05, 0.1) is 19.3 Å². The van der Waals surface area contributed by atoms with Crippen molar-refractivity contribution in [1.82, 2.24) is 0 Å². The van der Waals surface area contributed by atoms with E-state index >= 15 is 0 Å². The van der Waals surface area contributed by atoms with Gasteiger partial charge in [-0.2, -0.15) is 0 Å². The molecule has 25 heavy (non-hydrogen) atoms. The van der Waals surface area contributed by atoms with Gasteiger partial charge in [-0.25, -0.2) is 4.39 Å². The standard InChI is InChI=1S/C22H25FO2/c1-3-5-20-12-10-19(15-25-20)17-8-6-16(7-9-17)18-11-13-22(24-4-2)21(23)14-18/h3,5-9,11,13-14,19-20H,4,10,12,15H2,1-2H3/b5-3+. The van der Waals surface area contributed by atoms with Gasteiger partial charge in [-0.05, 0) is 55.5 Å². The van der Waals surface area contributed by atoms with Gasteiger partial charge in [0.1, 0.15) is 0 Å². The molecule has 0 aliphatic carbocycles. The Labute approximate surface area is 149 Å². The molecule has 1 heterocycles. The highest BCUT2D eigenvalue weighted by atomic mass is 19.1. The van der Waals surface area contributed by atoms with Crippen LogP contribution in [0.25, 0.3) is 11.1 Å². The SMILES string of the molecule is C/C=C/C1CCC(c2ccc(-c3ccc(OCC)c(F)c3)cc2)CO1. The Bertz CT molecular complexity index is 713. The first-order chi connectivity index (χ1) is 12.2. The van der Waals surface area contributed by atoms with Crippen LogP contribution in [-0.4, -0.2) is 19.3 Å². The molecule has 2 aromatic rings. The average Bonchev–Trinajstić information content (AvgIpc) is 2.65. The Morgan fingerprint density at radius 2 is 1.88 bits per heavy atom. The predicted octanol–water partition coefficient (Wildman–Crippen LogP) is 5.73. The molecule has 2 atom stereocenters. The van der Waals surface area contributed by atoms with Crippen LogP contribution in [0, 0.1) is 5.82 Å². The van der Waals surface area contributed by atoms with Gasteiger partial charge in [0, 0.05) is 5.92 Å². The molecular formula is C22H25FO2. The summed E-state index contributed by atoms with van der Waals surface area (Å²) in [5, 5.41) is 0. The number of rotatable bonds is 5. The van der Waals surface area contributed by atoms with Gasteiger partial charge >= 0.3 is 0 Å². The van der Waals surface area contributed by atoms with E-state index in [9.17, 15) is 4.39 Å². The first kappa shape index (κ1) is 17.7. The molecule has 0 aromatic heterocycles. The molecule has 3 rings (SSSR count). The minimum Gasteiger partial charge on any atom is -0.491 e. The molecule has 1 saturated heterocycles. The highest BCUT2D eigenvalue weighted by molar-refractivity contribution is 5.64. The topological polar surface area (TPSA) is 18.5 Å². The number of ether oxygens (including phenoxy) is 2. The third kappa shape index (κ3) is 4.29. The third-order valence-electron chi connectivity index (χ3n) is 4.67. The average molecular weight is 340 g/mol. The zero-order valence-corrected chi connectivity index (χ0v) is 14.9. The summed E-state index contributed by atoms with van der Waals surface area (Å²) in [4.78, 5) is 0. The van der Waals surface area contributed by atoms with E-state index in [2.05, 4.69) is 36.4 Å². The highest BCUT2D eigenvalue weighted by Crippen LogP contribution is 2.31. The number of allylic oxidation sites excluding steroid dienone is 1. The van der Waals surface area contributed by atoms with Gasteiger partial charge in [0.15, 0.2) is 11.6 Å². The molecule has 2 unspecified atom stereocenters. The molecule has 0 amide bonds. The van der Waals surface area contributed by atoms with Crippen molar-refractivity contribution < 1.29 is 13.9 Å². The van der Waals surface area contributed by atoms with Gasteiger partial charge in [-0.1, -0.05) is 42.5 Å². The minimum atomic E-state index is -0.320. The van der Waals surface area contributed by atoms with Crippen molar-refractivity contribution in [2.45, 2.75) is 38.7 Å². The number of halogens is 1. The van der Waals surface area contributed by atoms with E-state index in [0.29, 0.717) is 18.3 Å². The summed E-state index contributed by atoms with van der Waals surface area (Å²) < 4.78 is 25.2. The van der Waals surface area contributed by atoms with Crippen LogP contribution in [0.5, 0.6) is 5.75 Å². The van der Waals surface area contributed by atoms with Gasteiger partial charge in [-0.15, -0.1) is 0 Å². The second kappa shape index (κ2) is 8.30. The van der Waals surface area contributed by atoms with E-state index in [4.69, 9.17) is 9.47 Å². The van der Waals surface area contributed by atoms with Gasteiger partial charge in [0.25, 0.3) is 0 Å². The van der Waals surface area contributed by atoms with Crippen LogP contribution in [0.1, 0.15) is 38.2 Å². The number of hydrogen-bond donors (Lipinski definition) is 0. The van der Waals surface area contributed by atoms with Gasteiger partial charge < -0.3 is 9.47 Å². The lowest BCUT2D eigenvalue weighted by atomic mass is 9.90. The van der Waals surface area contributed by atoms with Crippen LogP contribution in [-0.2, 0) is 4.74 Å². The second-order valence-corrected chi connectivity index (χ2v) is 6.37. The van der Waals surface area contributed by atoms with Crippen molar-refractivity contribution in [1.29, 1.82) is 0 Å². The Balaban J connectivity index is 1.69. The lowest BCUT2D eigenvalue weighted by Gasteiger charge is -2.27. The maximum absolute atomic E-state index is 14.0. The highest BCUT2D eigenvalue weighted by Gasteiger charge is 2.21. The Morgan fingerprint density at radius 3 is 2.48 bits per heavy atom. The summed E-state index contributed by atoms with van der Waals surface area (Å²) in [7, 11) is 0. The van der Waals surface area contributed by atoms with E-state index < -0.39 is 0 Å². The van der Waals surface area contributed by atoms with Crippen LogP contribution in [0.15, 0.2) is 54.6 Å². The summed E-state index contributed by atoms with van der Waals surface area (Å²) in [5.74, 6) is 0.421. The Hall–Kier alpha value is -2.13. The van der Waals surface area contributed by atoms with E-state index in [-0.39, 0.29) is 11.9 Å². The summed E-state index contributed by atoms with van der Waals surface area (Å²) in [5.41, 5.74) is 3.16. The number of benzene rings is 2. The zero-order chi connectivity index (χ0) is 17.6. The fraction of sp³-hybridized carbons (Fsp3) is 0.364. The monoisotopic (exact) mass is 340 g/mol. The molecule has 2 aromatic carbocycles. The lowest BCUT2D eigenvalue weighted by molar-refractivity contribution is 0.0326. The minimum absolute atomic E-state index is 0.257. The summed E-state index contributed by atoms with van der Waals surface area (Å²) in [6, 6.07) is 13.5. The maximum atomic E-state index is 14.0. The first-order valence-corrected chi connectivity index (χ1v) is 8.98. The molecule has 3 heteroatoms. The van der Waals surface area contributed by atoms with E-state index in [1.54, 1.807) is 6.07 Å². The largest absolute Gasteiger partial charge is 0.491 e. The van der Waals surface area contributed by atoms with E-state index in [1.807, 2.05) is 19.9 Å². The fourth-order valence-corrected chi connectivity index (χ4v) is 3.30. The molecule has 2 nitrogen and oxygen atoms in total. The Kier molecular flexibility index (Phi) is 5.87. The smallest absolute Gasteiger partial charge is 0.165 e. The molecule has 1 fully saturated rings. The van der Waals surface area contributed by atoms with Crippen molar-refractivity contribution >= 4 is 0 Å². The van der Waals surface area contributed by atoms with Crippen molar-refractivity contribution in [3.05, 3.63) is 66.0 Å². The number of hydrogen-bond acceptors (Lipinski definition) is 2. The van der Waals surface area contributed by atoms with Crippen molar-refractivity contribution in [2.75, 3.05) is 13.2 Å². The third-order valence-corrected chi connectivity index (χ3v) is 4.67. The molecule has 1 aliphatic rings. The molecule has 0 saturated carbocycles. The lowest BCUT2D eigenvalue weighted by Crippen LogP contribution is -2.23. The Morgan fingerprint density at radius 1 is 1.12 bits per heavy atom. The first-order valence-electron chi connectivity index (χ1n) is 8.98. The van der Waals surface area contributed by atoms with Crippen molar-refractivity contribution in [2.24, 2.45) is 0 Å². The molecule has 1 aliphatic heterocycles. The van der Waals surface area contributed by atoms with Crippen molar-refractivity contribution in [3.8, 4) is 16.9 Å². The van der Waals surface area contributed by atoms with Crippen molar-refractivity contribution in [3.63, 3.8) is 0 Å². The quantitative estimate of drug-likeness (QED) is 0.647. The van der Waals surface area contributed by atoms with Crippen LogP contribution < -0.4 is 4.74 Å². The van der Waals surface area contributed by atoms with E-state index in [1.165, 1.54) is 11.6 Å². The second-order valence-electron chi connectivity index (χ2n) is 6.37. The van der Waals surface area contributed by atoms with Crippen LogP contribution in [0.3, 0.4) is 0 Å². The molecular weight excluding hydrogens is 315 g/mol. The summed E-state index contributed by atoms with van der Waals surface area (Å²) in [6.45, 7) is 5.09. The molecule has 0 radical (unpaired) electrons. The normalized spacial score (nSPS) is 20.8. The maximum Gasteiger partial charge on any atom is 0.165 e. The zero-order valence-electron chi connectivity index (χ0n) is 14.9. The molecule has 0 bridgehead atoms. The molecule has 0 N–H and O–H groups in total. The molecule has 132 valence electrons. The molecule has 0 spiro atoms. The van der Waals surface area contributed by atoms with Crippen LogP contribution in [0.2, 0.25) is 0 Å². The van der Waals surface area contributed by atoms with Gasteiger partial charge in [-0.3, -0.25) is 0 Å². The predicted molar refractivity (Wildman–Crippen MR) is 99.5 cm³/mol. The summed E-state index contributed by atoms with van der Waals surface area (Å²) in [6.07, 6.45) is 6.62.